The van der Waals surface area contributed by atoms with Crippen molar-refractivity contribution < 1.29 is 18.3 Å². The Labute approximate surface area is 96.3 Å². The first-order valence-electron chi connectivity index (χ1n) is 5.69. The average Bonchev–Trinajstić information content (AvgIpc) is 2.17. The maximum Gasteiger partial charge on any atom is 0.304 e. The summed E-state index contributed by atoms with van der Waals surface area (Å²) >= 11 is 0. The largest absolute Gasteiger partial charge is 0.481 e. The van der Waals surface area contributed by atoms with E-state index in [9.17, 15) is 13.2 Å². The Kier molecular flexibility index (Phi) is 5.21. The molecule has 0 heterocycles. The monoisotopic (exact) mass is 249 g/mol. The van der Waals surface area contributed by atoms with Crippen LogP contribution in [0.25, 0.3) is 0 Å². The lowest BCUT2D eigenvalue weighted by Gasteiger charge is -2.21. The van der Waals surface area contributed by atoms with Crippen molar-refractivity contribution in [2.75, 3.05) is 12.3 Å². The molecule has 0 aromatic carbocycles. The molecule has 1 fully saturated rings. The molecule has 6 heteroatoms. The van der Waals surface area contributed by atoms with Crippen LogP contribution in [0.15, 0.2) is 0 Å². The van der Waals surface area contributed by atoms with Gasteiger partial charge in [0.1, 0.15) is 0 Å². The SMILES string of the molecule is O=C(O)CCNS(=O)(=O)CC1CCCCC1. The predicted molar refractivity (Wildman–Crippen MR) is 60.6 cm³/mol. The number of hydrogen-bond acceptors (Lipinski definition) is 3. The Morgan fingerprint density at radius 2 is 1.88 bits per heavy atom. The Balaban J connectivity index is 2.29. The second kappa shape index (κ2) is 6.20. The molecule has 0 aromatic rings. The van der Waals surface area contributed by atoms with E-state index in [-0.39, 0.29) is 24.6 Å². The molecule has 2 N–H and O–H groups in total. The molecule has 0 radical (unpaired) electrons. The first-order valence-corrected chi connectivity index (χ1v) is 7.34. The molecular weight excluding hydrogens is 230 g/mol. The minimum Gasteiger partial charge on any atom is -0.481 e. The van der Waals surface area contributed by atoms with Gasteiger partial charge in [-0.15, -0.1) is 0 Å². The topological polar surface area (TPSA) is 83.5 Å². The summed E-state index contributed by atoms with van der Waals surface area (Å²) < 4.78 is 25.5. The predicted octanol–water partition coefficient (Wildman–Crippen LogP) is 0.961. The molecule has 0 bridgehead atoms. The molecule has 0 atom stereocenters. The van der Waals surface area contributed by atoms with Gasteiger partial charge in [-0.2, -0.15) is 0 Å². The number of sulfonamides is 1. The average molecular weight is 249 g/mol. The molecular formula is C10H19NO4S. The normalized spacial score (nSPS) is 18.5. The quantitative estimate of drug-likeness (QED) is 0.734. The van der Waals surface area contributed by atoms with Crippen LogP contribution in [0.1, 0.15) is 38.5 Å². The van der Waals surface area contributed by atoms with Gasteiger partial charge in [0.05, 0.1) is 12.2 Å². The van der Waals surface area contributed by atoms with Crippen LogP contribution in [-0.4, -0.2) is 31.8 Å². The second-order valence-corrected chi connectivity index (χ2v) is 6.18. The fraction of sp³-hybridized carbons (Fsp3) is 0.900. The van der Waals surface area contributed by atoms with Crippen LogP contribution >= 0.6 is 0 Å². The summed E-state index contributed by atoms with van der Waals surface area (Å²) in [4.78, 5) is 10.2. The number of carboxylic acids is 1. The highest BCUT2D eigenvalue weighted by Crippen LogP contribution is 2.24. The molecule has 1 aliphatic rings. The second-order valence-electron chi connectivity index (χ2n) is 4.32. The van der Waals surface area contributed by atoms with Crippen molar-refractivity contribution in [3.63, 3.8) is 0 Å². The molecule has 0 saturated heterocycles. The summed E-state index contributed by atoms with van der Waals surface area (Å²) in [7, 11) is -3.29. The van der Waals surface area contributed by atoms with Crippen molar-refractivity contribution in [3.05, 3.63) is 0 Å². The van der Waals surface area contributed by atoms with Crippen LogP contribution in [0.5, 0.6) is 0 Å². The van der Waals surface area contributed by atoms with Gasteiger partial charge in [0.15, 0.2) is 0 Å². The number of hydrogen-bond donors (Lipinski definition) is 2. The smallest absolute Gasteiger partial charge is 0.304 e. The molecule has 0 unspecified atom stereocenters. The van der Waals surface area contributed by atoms with Gasteiger partial charge in [-0.05, 0) is 18.8 Å². The van der Waals surface area contributed by atoms with Crippen molar-refractivity contribution in [2.24, 2.45) is 5.92 Å². The summed E-state index contributed by atoms with van der Waals surface area (Å²) in [6.07, 6.45) is 5.19. The Bertz CT molecular complexity index is 320. The minimum absolute atomic E-state index is 0.00954. The van der Waals surface area contributed by atoms with Gasteiger partial charge in [0.2, 0.25) is 10.0 Å². The Morgan fingerprint density at radius 3 is 2.44 bits per heavy atom. The standard InChI is InChI=1S/C10H19NO4S/c12-10(13)6-7-11-16(14,15)8-9-4-2-1-3-5-9/h9,11H,1-8H2,(H,12,13). The van der Waals surface area contributed by atoms with Crippen molar-refractivity contribution in [3.8, 4) is 0 Å². The van der Waals surface area contributed by atoms with Gasteiger partial charge in [0.25, 0.3) is 0 Å². The fourth-order valence-corrected chi connectivity index (χ4v) is 3.52. The lowest BCUT2D eigenvalue weighted by atomic mass is 9.91. The lowest BCUT2D eigenvalue weighted by Crippen LogP contribution is -2.32. The number of rotatable bonds is 6. The Morgan fingerprint density at radius 1 is 1.25 bits per heavy atom. The summed E-state index contributed by atoms with van der Waals surface area (Å²) in [5, 5.41) is 8.40. The molecule has 5 nitrogen and oxygen atoms in total. The molecule has 0 aromatic heterocycles. The summed E-state index contributed by atoms with van der Waals surface area (Å²) in [6, 6.07) is 0. The van der Waals surface area contributed by atoms with Crippen LogP contribution in [0.2, 0.25) is 0 Å². The lowest BCUT2D eigenvalue weighted by molar-refractivity contribution is -0.136. The van der Waals surface area contributed by atoms with E-state index >= 15 is 0 Å². The maximum absolute atomic E-state index is 11.6. The van der Waals surface area contributed by atoms with E-state index in [0.29, 0.717) is 0 Å². The van der Waals surface area contributed by atoms with Gasteiger partial charge in [0, 0.05) is 6.54 Å². The van der Waals surface area contributed by atoms with Crippen LogP contribution < -0.4 is 4.72 Å². The minimum atomic E-state index is -3.29. The number of aliphatic carboxylic acids is 1. The highest BCUT2D eigenvalue weighted by molar-refractivity contribution is 7.89. The van der Waals surface area contributed by atoms with Crippen molar-refractivity contribution >= 4 is 16.0 Å². The van der Waals surface area contributed by atoms with Crippen LogP contribution in [0, 0.1) is 5.92 Å². The zero-order chi connectivity index (χ0) is 12.0. The number of carboxylic acid groups (broad SMARTS) is 1. The third-order valence-corrected chi connectivity index (χ3v) is 4.39. The third-order valence-electron chi connectivity index (χ3n) is 2.84. The molecule has 94 valence electrons. The van der Waals surface area contributed by atoms with Crippen LogP contribution in [-0.2, 0) is 14.8 Å². The van der Waals surface area contributed by atoms with E-state index in [4.69, 9.17) is 5.11 Å². The van der Waals surface area contributed by atoms with Crippen LogP contribution in [0.4, 0.5) is 0 Å². The van der Waals surface area contributed by atoms with E-state index in [1.165, 1.54) is 6.42 Å². The Hall–Kier alpha value is -0.620. The fourth-order valence-electron chi connectivity index (χ4n) is 2.04. The molecule has 1 aliphatic carbocycles. The van der Waals surface area contributed by atoms with Crippen molar-refractivity contribution in [1.82, 2.24) is 4.72 Å². The zero-order valence-corrected chi connectivity index (χ0v) is 10.1. The molecule has 0 spiro atoms. The van der Waals surface area contributed by atoms with Gasteiger partial charge < -0.3 is 5.11 Å². The van der Waals surface area contributed by atoms with E-state index in [2.05, 4.69) is 4.72 Å². The molecule has 16 heavy (non-hydrogen) atoms. The summed E-state index contributed by atoms with van der Waals surface area (Å²) in [5.74, 6) is -0.594. The van der Waals surface area contributed by atoms with E-state index in [1.807, 2.05) is 0 Å². The zero-order valence-electron chi connectivity index (χ0n) is 9.31. The highest BCUT2D eigenvalue weighted by Gasteiger charge is 2.20. The van der Waals surface area contributed by atoms with E-state index in [0.717, 1.165) is 25.7 Å². The number of carbonyl (C=O) groups is 1. The third kappa shape index (κ3) is 5.46. The van der Waals surface area contributed by atoms with E-state index in [1.54, 1.807) is 0 Å². The highest BCUT2D eigenvalue weighted by atomic mass is 32.2. The first kappa shape index (κ1) is 13.4. The van der Waals surface area contributed by atoms with Gasteiger partial charge in [-0.1, -0.05) is 19.3 Å². The molecule has 0 aliphatic heterocycles. The summed E-state index contributed by atoms with van der Waals surface area (Å²) in [5.41, 5.74) is 0. The van der Waals surface area contributed by atoms with Gasteiger partial charge in [-0.25, -0.2) is 13.1 Å². The van der Waals surface area contributed by atoms with Crippen molar-refractivity contribution in [1.29, 1.82) is 0 Å². The molecule has 1 saturated carbocycles. The number of nitrogens with one attached hydrogen (secondary N) is 1. The van der Waals surface area contributed by atoms with Gasteiger partial charge in [-0.3, -0.25) is 4.79 Å². The van der Waals surface area contributed by atoms with Gasteiger partial charge >= 0.3 is 5.97 Å². The first-order chi connectivity index (χ1) is 7.49. The molecule has 0 amide bonds. The molecule has 1 rings (SSSR count). The van der Waals surface area contributed by atoms with Crippen LogP contribution in [0.3, 0.4) is 0 Å². The van der Waals surface area contributed by atoms with E-state index < -0.39 is 16.0 Å². The van der Waals surface area contributed by atoms with Crippen molar-refractivity contribution in [2.45, 2.75) is 38.5 Å². The summed E-state index contributed by atoms with van der Waals surface area (Å²) in [6.45, 7) is -0.00954. The maximum atomic E-state index is 11.6.